The van der Waals surface area contributed by atoms with Gasteiger partial charge >= 0.3 is 0 Å². The molecule has 1 aromatic carbocycles. The molecule has 0 bridgehead atoms. The zero-order valence-electron chi connectivity index (χ0n) is 15.1. The van der Waals surface area contributed by atoms with Gasteiger partial charge in [0.05, 0.1) is 30.8 Å². The fourth-order valence-corrected chi connectivity index (χ4v) is 3.44. The molecule has 1 saturated heterocycles. The third-order valence-corrected chi connectivity index (χ3v) is 4.93. The topological polar surface area (TPSA) is 76.9 Å². The third kappa shape index (κ3) is 5.13. The smallest absolute Gasteiger partial charge is 0.278 e. The van der Waals surface area contributed by atoms with Gasteiger partial charge in [-0.1, -0.05) is 12.8 Å². The Bertz CT molecular complexity index is 608. The Labute approximate surface area is 166 Å². The van der Waals surface area contributed by atoms with E-state index in [0.29, 0.717) is 17.4 Å². The lowest BCUT2D eigenvalue weighted by Crippen LogP contribution is -2.45. The normalized spacial score (nSPS) is 18.2. The summed E-state index contributed by atoms with van der Waals surface area (Å²) in [6.07, 6.45) is 3.42. The van der Waals surface area contributed by atoms with E-state index in [0.717, 1.165) is 38.2 Å². The van der Waals surface area contributed by atoms with E-state index in [1.165, 1.54) is 26.0 Å². The SMILES string of the molecule is COc1cc([C@H](CC2CC2)N2CCNCC2)c([N+](=O)[O-])cc1OC.Cl.Cl. The molecule has 1 atom stereocenters. The van der Waals surface area contributed by atoms with Crippen LogP contribution < -0.4 is 14.8 Å². The monoisotopic (exact) mass is 407 g/mol. The van der Waals surface area contributed by atoms with Gasteiger partial charge in [0, 0.05) is 32.2 Å². The van der Waals surface area contributed by atoms with E-state index >= 15 is 0 Å². The largest absolute Gasteiger partial charge is 0.493 e. The molecule has 7 nitrogen and oxygen atoms in total. The van der Waals surface area contributed by atoms with Crippen molar-refractivity contribution in [1.29, 1.82) is 0 Å². The fourth-order valence-electron chi connectivity index (χ4n) is 3.44. The first-order valence-corrected chi connectivity index (χ1v) is 8.49. The minimum absolute atomic E-state index is 0. The summed E-state index contributed by atoms with van der Waals surface area (Å²) in [6, 6.07) is 3.35. The molecule has 1 heterocycles. The number of nitrogens with one attached hydrogen (secondary N) is 1. The Kier molecular flexibility index (Phi) is 8.89. The summed E-state index contributed by atoms with van der Waals surface area (Å²) < 4.78 is 10.6. The van der Waals surface area contributed by atoms with E-state index in [1.54, 1.807) is 13.2 Å². The number of benzene rings is 1. The van der Waals surface area contributed by atoms with Crippen LogP contribution in [0.3, 0.4) is 0 Å². The van der Waals surface area contributed by atoms with Crippen LogP contribution in [-0.4, -0.2) is 50.2 Å². The maximum absolute atomic E-state index is 11.7. The Balaban J connectivity index is 0.00000169. The van der Waals surface area contributed by atoms with Gasteiger partial charge in [0.25, 0.3) is 5.69 Å². The maximum atomic E-state index is 11.7. The predicted octanol–water partition coefficient (Wildman–Crippen LogP) is 3.20. The molecule has 26 heavy (non-hydrogen) atoms. The van der Waals surface area contributed by atoms with E-state index < -0.39 is 0 Å². The maximum Gasteiger partial charge on any atom is 0.278 e. The Hall–Kier alpha value is -1.28. The zero-order valence-corrected chi connectivity index (χ0v) is 16.7. The van der Waals surface area contributed by atoms with Crippen molar-refractivity contribution in [2.24, 2.45) is 5.92 Å². The van der Waals surface area contributed by atoms with Crippen molar-refractivity contribution in [3.05, 3.63) is 27.8 Å². The summed E-state index contributed by atoms with van der Waals surface area (Å²) in [5, 5.41) is 15.0. The van der Waals surface area contributed by atoms with Crippen LogP contribution in [0.2, 0.25) is 0 Å². The summed E-state index contributed by atoms with van der Waals surface area (Å²) in [5.74, 6) is 1.63. The molecule has 0 spiro atoms. The molecule has 148 valence electrons. The van der Waals surface area contributed by atoms with Crippen molar-refractivity contribution in [1.82, 2.24) is 10.2 Å². The van der Waals surface area contributed by atoms with Crippen molar-refractivity contribution in [2.75, 3.05) is 40.4 Å². The second kappa shape index (κ2) is 10.2. The molecule has 1 saturated carbocycles. The zero-order chi connectivity index (χ0) is 17.1. The molecule has 2 aliphatic rings. The highest BCUT2D eigenvalue weighted by Crippen LogP contribution is 2.45. The number of nitro groups is 1. The summed E-state index contributed by atoms with van der Waals surface area (Å²) in [7, 11) is 3.06. The predicted molar refractivity (Wildman–Crippen MR) is 105 cm³/mol. The Morgan fingerprint density at radius 3 is 2.27 bits per heavy atom. The van der Waals surface area contributed by atoms with Crippen molar-refractivity contribution < 1.29 is 14.4 Å². The molecule has 1 aromatic rings. The number of piperazine rings is 1. The number of nitrogens with zero attached hydrogens (tertiary/aromatic N) is 2. The average Bonchev–Trinajstić information content (AvgIpc) is 3.43. The number of hydrogen-bond donors (Lipinski definition) is 1. The van der Waals surface area contributed by atoms with E-state index in [-0.39, 0.29) is 41.5 Å². The van der Waals surface area contributed by atoms with Crippen LogP contribution in [0.1, 0.15) is 30.9 Å². The van der Waals surface area contributed by atoms with Crippen LogP contribution in [0.15, 0.2) is 12.1 Å². The van der Waals surface area contributed by atoms with E-state index in [4.69, 9.17) is 9.47 Å². The van der Waals surface area contributed by atoms with Gasteiger partial charge in [0.2, 0.25) is 0 Å². The quantitative estimate of drug-likeness (QED) is 0.552. The van der Waals surface area contributed by atoms with Crippen molar-refractivity contribution in [3.8, 4) is 11.5 Å². The van der Waals surface area contributed by atoms with Gasteiger partial charge in [0.1, 0.15) is 0 Å². The summed E-state index contributed by atoms with van der Waals surface area (Å²) in [5.41, 5.74) is 0.864. The van der Waals surface area contributed by atoms with Crippen molar-refractivity contribution >= 4 is 30.5 Å². The van der Waals surface area contributed by atoms with Crippen molar-refractivity contribution in [2.45, 2.75) is 25.3 Å². The van der Waals surface area contributed by atoms with Gasteiger partial charge in [0.15, 0.2) is 11.5 Å². The first-order chi connectivity index (χ1) is 11.6. The first kappa shape index (κ1) is 22.8. The molecule has 0 aromatic heterocycles. The van der Waals surface area contributed by atoms with Gasteiger partial charge in [-0.25, -0.2) is 0 Å². The molecular formula is C17H27Cl2N3O4. The van der Waals surface area contributed by atoms with Crippen LogP contribution in [0, 0.1) is 16.0 Å². The van der Waals surface area contributed by atoms with Crippen LogP contribution in [-0.2, 0) is 0 Å². The highest BCUT2D eigenvalue weighted by Gasteiger charge is 2.35. The van der Waals surface area contributed by atoms with Gasteiger partial charge < -0.3 is 14.8 Å². The van der Waals surface area contributed by atoms with Gasteiger partial charge in [-0.15, -0.1) is 24.8 Å². The minimum Gasteiger partial charge on any atom is -0.493 e. The average molecular weight is 408 g/mol. The van der Waals surface area contributed by atoms with Crippen LogP contribution in [0.25, 0.3) is 0 Å². The number of methoxy groups -OCH3 is 2. The van der Waals surface area contributed by atoms with Crippen LogP contribution >= 0.6 is 24.8 Å². The number of ether oxygens (including phenoxy) is 2. The molecule has 1 N–H and O–H groups in total. The molecule has 0 radical (unpaired) electrons. The van der Waals surface area contributed by atoms with Crippen molar-refractivity contribution in [3.63, 3.8) is 0 Å². The van der Waals surface area contributed by atoms with Crippen LogP contribution in [0.5, 0.6) is 11.5 Å². The van der Waals surface area contributed by atoms with Gasteiger partial charge in [-0.05, 0) is 18.4 Å². The van der Waals surface area contributed by atoms with Gasteiger partial charge in [-0.3, -0.25) is 15.0 Å². The lowest BCUT2D eigenvalue weighted by atomic mass is 9.96. The summed E-state index contributed by atoms with van der Waals surface area (Å²) in [6.45, 7) is 3.65. The Morgan fingerprint density at radius 2 is 1.77 bits per heavy atom. The molecule has 9 heteroatoms. The number of nitro benzene ring substituents is 1. The molecule has 0 amide bonds. The van der Waals surface area contributed by atoms with Gasteiger partial charge in [-0.2, -0.15) is 0 Å². The highest BCUT2D eigenvalue weighted by molar-refractivity contribution is 5.85. The third-order valence-electron chi connectivity index (χ3n) is 4.93. The van der Waals surface area contributed by atoms with E-state index in [1.807, 2.05) is 0 Å². The number of rotatable bonds is 7. The molecular weight excluding hydrogens is 381 g/mol. The molecule has 1 aliphatic heterocycles. The number of hydrogen-bond acceptors (Lipinski definition) is 6. The lowest BCUT2D eigenvalue weighted by Gasteiger charge is -2.35. The molecule has 2 fully saturated rings. The van der Waals surface area contributed by atoms with E-state index in [9.17, 15) is 10.1 Å². The molecule has 1 aliphatic carbocycles. The molecule has 3 rings (SSSR count). The fraction of sp³-hybridized carbons (Fsp3) is 0.647. The second-order valence-corrected chi connectivity index (χ2v) is 6.50. The summed E-state index contributed by atoms with van der Waals surface area (Å²) >= 11 is 0. The number of halogens is 2. The summed E-state index contributed by atoms with van der Waals surface area (Å²) in [4.78, 5) is 13.7. The standard InChI is InChI=1S/C17H25N3O4.2ClH/c1-23-16-10-13(15(20(21)22)11-17(16)24-2)14(9-12-3-4-12)19-7-5-18-6-8-19;;/h10-12,14,18H,3-9H2,1-2H3;2*1H/t14-;;/m0../s1. The van der Waals surface area contributed by atoms with E-state index in [2.05, 4.69) is 10.2 Å². The highest BCUT2D eigenvalue weighted by atomic mass is 35.5. The molecule has 0 unspecified atom stereocenters. The second-order valence-electron chi connectivity index (χ2n) is 6.50. The van der Waals surface area contributed by atoms with Crippen LogP contribution in [0.4, 0.5) is 5.69 Å². The Morgan fingerprint density at radius 1 is 1.19 bits per heavy atom. The lowest BCUT2D eigenvalue weighted by molar-refractivity contribution is -0.386. The first-order valence-electron chi connectivity index (χ1n) is 8.49. The minimum atomic E-state index is -0.306.